The Balaban J connectivity index is 0. The second-order valence-electron chi connectivity index (χ2n) is 14.4. The lowest BCUT2D eigenvalue weighted by atomic mass is 9.87. The minimum Gasteiger partial charge on any atom is -0.0602 e. The average molecular weight is 411 g/mol. The lowest BCUT2D eigenvalue weighted by molar-refractivity contribution is 0.337. The molecule has 0 aliphatic carbocycles. The zero-order chi connectivity index (χ0) is 23.2. The van der Waals surface area contributed by atoms with Crippen molar-refractivity contribution in [2.24, 2.45) is 21.7 Å². The summed E-state index contributed by atoms with van der Waals surface area (Å²) in [5, 5.41) is 0. The van der Waals surface area contributed by atoms with Gasteiger partial charge >= 0.3 is 0 Å². The molecule has 29 heavy (non-hydrogen) atoms. The molecule has 0 aromatic carbocycles. The molecule has 0 N–H and O–H groups in total. The predicted octanol–water partition coefficient (Wildman–Crippen LogP) is 11.2. The first-order chi connectivity index (χ1) is 12.9. The quantitative estimate of drug-likeness (QED) is 0.297. The Morgan fingerprint density at radius 1 is 0.241 bits per heavy atom. The van der Waals surface area contributed by atoms with Gasteiger partial charge in [0.2, 0.25) is 0 Å². The molecule has 0 saturated carbocycles. The monoisotopic (exact) mass is 410 g/mol. The third-order valence-corrected chi connectivity index (χ3v) is 5.46. The molecule has 0 heteroatoms. The first kappa shape index (κ1) is 31.2. The second kappa shape index (κ2) is 14.9. The fourth-order valence-electron chi connectivity index (χ4n) is 3.51. The third kappa shape index (κ3) is 35.8. The van der Waals surface area contributed by atoms with E-state index in [1.54, 1.807) is 0 Å². The smallest absolute Gasteiger partial charge is 0.0383 e. The van der Waals surface area contributed by atoms with Crippen LogP contribution < -0.4 is 0 Å². The van der Waals surface area contributed by atoms with Crippen LogP contribution in [0.3, 0.4) is 0 Å². The Morgan fingerprint density at radius 3 is 0.517 bits per heavy atom. The van der Waals surface area contributed by atoms with Gasteiger partial charge < -0.3 is 0 Å². The van der Waals surface area contributed by atoms with Gasteiger partial charge in [0.05, 0.1) is 0 Å². The summed E-state index contributed by atoms with van der Waals surface area (Å²) in [6.07, 6.45) is 18.3. The summed E-state index contributed by atoms with van der Waals surface area (Å²) in [5.41, 5.74) is 2.13. The molecule has 0 fully saturated rings. The van der Waals surface area contributed by atoms with Gasteiger partial charge in [-0.25, -0.2) is 0 Å². The summed E-state index contributed by atoms with van der Waals surface area (Å²) in [5.74, 6) is 0. The van der Waals surface area contributed by atoms with E-state index in [4.69, 9.17) is 0 Å². The van der Waals surface area contributed by atoms with Crippen molar-refractivity contribution in [2.75, 3.05) is 0 Å². The summed E-state index contributed by atoms with van der Waals surface area (Å²) in [7, 11) is 0. The fourth-order valence-corrected chi connectivity index (χ4v) is 3.51. The van der Waals surface area contributed by atoms with Crippen molar-refractivity contribution in [1.82, 2.24) is 0 Å². The summed E-state index contributed by atoms with van der Waals surface area (Å²) in [4.78, 5) is 0. The van der Waals surface area contributed by atoms with Gasteiger partial charge in [-0.05, 0) is 47.3 Å². The zero-order valence-electron chi connectivity index (χ0n) is 23.2. The molecule has 0 nitrogen and oxygen atoms in total. The maximum Gasteiger partial charge on any atom is -0.0383 e. The molecular weight excluding hydrogens is 348 g/mol. The van der Waals surface area contributed by atoms with Gasteiger partial charge in [-0.3, -0.25) is 0 Å². The van der Waals surface area contributed by atoms with Crippen molar-refractivity contribution in [3.05, 3.63) is 0 Å². The molecule has 0 saturated heterocycles. The van der Waals surface area contributed by atoms with Crippen molar-refractivity contribution in [3.63, 3.8) is 0 Å². The van der Waals surface area contributed by atoms with Crippen molar-refractivity contribution in [1.29, 1.82) is 0 Å². The van der Waals surface area contributed by atoms with E-state index < -0.39 is 0 Å². The highest BCUT2D eigenvalue weighted by Crippen LogP contribution is 2.26. The lowest BCUT2D eigenvalue weighted by Gasteiger charge is -2.19. The number of rotatable bonds is 11. The third-order valence-electron chi connectivity index (χ3n) is 5.46. The molecule has 0 atom stereocenters. The van der Waals surface area contributed by atoms with Crippen LogP contribution in [0.25, 0.3) is 0 Å². The molecule has 0 aliphatic rings. The van der Waals surface area contributed by atoms with E-state index in [2.05, 4.69) is 83.1 Å². The fraction of sp³-hybridized carbons (Fsp3) is 1.00. The van der Waals surface area contributed by atoms with Gasteiger partial charge in [0, 0.05) is 0 Å². The molecular formula is C29H62. The summed E-state index contributed by atoms with van der Waals surface area (Å²) in [6, 6.07) is 0. The van der Waals surface area contributed by atoms with Crippen LogP contribution in [-0.2, 0) is 0 Å². The Bertz CT molecular complexity index is 311. The largest absolute Gasteiger partial charge is 0.0602 e. The van der Waals surface area contributed by atoms with Gasteiger partial charge in [-0.1, -0.05) is 141 Å². The highest BCUT2D eigenvalue weighted by molar-refractivity contribution is 4.64. The SMILES string of the molecule is CC(C)(C)CCCCCCC(C)(C)C.CC(C)(C)CCCCCCCC(C)(C)C. The Labute approximate surface area is 188 Å². The Hall–Kier alpha value is 0. The van der Waals surface area contributed by atoms with Crippen molar-refractivity contribution in [2.45, 2.75) is 167 Å². The average Bonchev–Trinajstić information content (AvgIpc) is 2.46. The van der Waals surface area contributed by atoms with Crippen LogP contribution in [-0.4, -0.2) is 0 Å². The maximum absolute atomic E-state index is 2.34. The van der Waals surface area contributed by atoms with Crippen LogP contribution in [0.15, 0.2) is 0 Å². The van der Waals surface area contributed by atoms with Gasteiger partial charge in [0.15, 0.2) is 0 Å². The molecule has 0 spiro atoms. The summed E-state index contributed by atoms with van der Waals surface area (Å²) < 4.78 is 0. The van der Waals surface area contributed by atoms with Crippen LogP contribution in [0.5, 0.6) is 0 Å². The predicted molar refractivity (Wildman–Crippen MR) is 138 cm³/mol. The second-order valence-corrected chi connectivity index (χ2v) is 14.4. The highest BCUT2D eigenvalue weighted by Gasteiger charge is 2.11. The van der Waals surface area contributed by atoms with E-state index in [1.807, 2.05) is 0 Å². The molecule has 0 bridgehead atoms. The van der Waals surface area contributed by atoms with Gasteiger partial charge in [-0.15, -0.1) is 0 Å². The van der Waals surface area contributed by atoms with Crippen molar-refractivity contribution < 1.29 is 0 Å². The van der Waals surface area contributed by atoms with Crippen LogP contribution in [0.1, 0.15) is 167 Å². The topological polar surface area (TPSA) is 0 Å². The minimum atomic E-state index is 0.532. The standard InChI is InChI=1S/C15H32.C14H30/c1-14(2,3)12-10-8-7-9-11-13-15(4,5)6;1-13(2,3)11-9-7-8-10-12-14(4,5)6/h7-13H2,1-6H3;7-12H2,1-6H3. The minimum absolute atomic E-state index is 0.532. The molecule has 0 aromatic heterocycles. The van der Waals surface area contributed by atoms with Crippen LogP contribution in [0.2, 0.25) is 0 Å². The first-order valence-electron chi connectivity index (χ1n) is 12.9. The summed E-state index contributed by atoms with van der Waals surface area (Å²) >= 11 is 0. The molecule has 0 rings (SSSR count). The molecule has 0 aliphatic heterocycles. The molecule has 0 amide bonds. The van der Waals surface area contributed by atoms with Gasteiger partial charge in [0.25, 0.3) is 0 Å². The van der Waals surface area contributed by atoms with Crippen LogP contribution in [0, 0.1) is 21.7 Å². The molecule has 0 radical (unpaired) electrons. The Kier molecular flexibility index (Phi) is 16.0. The van der Waals surface area contributed by atoms with Gasteiger partial charge in [0.1, 0.15) is 0 Å². The van der Waals surface area contributed by atoms with E-state index in [0.717, 1.165) is 0 Å². The van der Waals surface area contributed by atoms with Gasteiger partial charge in [-0.2, -0.15) is 0 Å². The van der Waals surface area contributed by atoms with E-state index in [9.17, 15) is 0 Å². The number of hydrogen-bond acceptors (Lipinski definition) is 0. The maximum atomic E-state index is 2.34. The van der Waals surface area contributed by atoms with Crippen molar-refractivity contribution >= 4 is 0 Å². The number of unbranched alkanes of at least 4 members (excludes halogenated alkanes) is 7. The lowest BCUT2D eigenvalue weighted by Crippen LogP contribution is -2.05. The van der Waals surface area contributed by atoms with E-state index >= 15 is 0 Å². The van der Waals surface area contributed by atoms with Crippen LogP contribution >= 0.6 is 0 Å². The zero-order valence-corrected chi connectivity index (χ0v) is 23.2. The van der Waals surface area contributed by atoms with Crippen LogP contribution in [0.4, 0.5) is 0 Å². The van der Waals surface area contributed by atoms with E-state index in [0.29, 0.717) is 21.7 Å². The van der Waals surface area contributed by atoms with E-state index in [-0.39, 0.29) is 0 Å². The van der Waals surface area contributed by atoms with Crippen molar-refractivity contribution in [3.8, 4) is 0 Å². The molecule has 0 aromatic rings. The molecule has 0 unspecified atom stereocenters. The normalized spacial score (nSPS) is 13.2. The molecule has 178 valence electrons. The first-order valence-corrected chi connectivity index (χ1v) is 12.9. The Morgan fingerprint density at radius 2 is 0.379 bits per heavy atom. The summed E-state index contributed by atoms with van der Waals surface area (Å²) in [6.45, 7) is 28.1. The molecule has 0 heterocycles. The number of hydrogen-bond donors (Lipinski definition) is 0. The van der Waals surface area contributed by atoms with E-state index in [1.165, 1.54) is 83.5 Å². The highest BCUT2D eigenvalue weighted by atomic mass is 14.2.